The summed E-state index contributed by atoms with van der Waals surface area (Å²) in [5.74, 6) is 0.162. The summed E-state index contributed by atoms with van der Waals surface area (Å²) in [6.45, 7) is 7.09. The second-order valence-corrected chi connectivity index (χ2v) is 5.05. The monoisotopic (exact) mass is 255 g/mol. The lowest BCUT2D eigenvalue weighted by Gasteiger charge is -2.40. The van der Waals surface area contributed by atoms with Gasteiger partial charge in [0.15, 0.2) is 0 Å². The molecule has 2 fully saturated rings. The molecule has 104 valence electrons. The van der Waals surface area contributed by atoms with Gasteiger partial charge in [-0.2, -0.15) is 0 Å². The number of likely N-dealkylation sites (N-methyl/N-ethyl adjacent to an activating group) is 1. The third-order valence-electron chi connectivity index (χ3n) is 3.83. The summed E-state index contributed by atoms with van der Waals surface area (Å²) >= 11 is 0. The SMILES string of the molecule is CCNC(=O)C1CNCCN1C1CCCOCC1. The van der Waals surface area contributed by atoms with Gasteiger partial charge in [-0.1, -0.05) is 0 Å². The van der Waals surface area contributed by atoms with E-state index >= 15 is 0 Å². The Morgan fingerprint density at radius 3 is 3.17 bits per heavy atom. The Labute approximate surface area is 109 Å². The highest BCUT2D eigenvalue weighted by Gasteiger charge is 2.33. The Kier molecular flexibility index (Phi) is 5.41. The summed E-state index contributed by atoms with van der Waals surface area (Å²) in [7, 11) is 0. The largest absolute Gasteiger partial charge is 0.381 e. The molecule has 2 saturated heterocycles. The Morgan fingerprint density at radius 2 is 2.33 bits per heavy atom. The highest BCUT2D eigenvalue weighted by Crippen LogP contribution is 2.19. The molecule has 2 atom stereocenters. The maximum atomic E-state index is 12.1. The molecule has 0 aromatic rings. The Hall–Kier alpha value is -0.650. The zero-order chi connectivity index (χ0) is 12.8. The first kappa shape index (κ1) is 13.8. The number of piperazine rings is 1. The number of carbonyl (C=O) groups excluding carboxylic acids is 1. The van der Waals surface area contributed by atoms with Crippen molar-refractivity contribution in [3.05, 3.63) is 0 Å². The maximum Gasteiger partial charge on any atom is 0.238 e. The molecule has 2 rings (SSSR count). The summed E-state index contributed by atoms with van der Waals surface area (Å²) in [6, 6.07) is 0.490. The Bertz CT molecular complexity index is 265. The summed E-state index contributed by atoms with van der Waals surface area (Å²) in [6.07, 6.45) is 3.31. The van der Waals surface area contributed by atoms with Gasteiger partial charge in [-0.25, -0.2) is 0 Å². The number of nitrogens with zero attached hydrogens (tertiary/aromatic N) is 1. The van der Waals surface area contributed by atoms with Crippen LogP contribution in [0.2, 0.25) is 0 Å². The van der Waals surface area contributed by atoms with Crippen LogP contribution in [0, 0.1) is 0 Å². The fourth-order valence-corrected chi connectivity index (χ4v) is 2.91. The lowest BCUT2D eigenvalue weighted by molar-refractivity contribution is -0.128. The first-order valence-corrected chi connectivity index (χ1v) is 7.15. The van der Waals surface area contributed by atoms with E-state index in [0.717, 1.165) is 52.1 Å². The van der Waals surface area contributed by atoms with Crippen molar-refractivity contribution in [2.24, 2.45) is 0 Å². The van der Waals surface area contributed by atoms with Gasteiger partial charge in [-0.3, -0.25) is 9.69 Å². The molecule has 2 aliphatic rings. The smallest absolute Gasteiger partial charge is 0.238 e. The van der Waals surface area contributed by atoms with Crippen molar-refractivity contribution in [3.63, 3.8) is 0 Å². The third kappa shape index (κ3) is 3.43. The number of amides is 1. The highest BCUT2D eigenvalue weighted by atomic mass is 16.5. The normalized spacial score (nSPS) is 30.7. The van der Waals surface area contributed by atoms with E-state index in [1.165, 1.54) is 0 Å². The first-order chi connectivity index (χ1) is 8.83. The summed E-state index contributed by atoms with van der Waals surface area (Å²) in [4.78, 5) is 14.5. The van der Waals surface area contributed by atoms with Crippen molar-refractivity contribution in [3.8, 4) is 0 Å². The molecule has 2 unspecified atom stereocenters. The Balaban J connectivity index is 1.99. The maximum absolute atomic E-state index is 12.1. The molecule has 0 bridgehead atoms. The third-order valence-corrected chi connectivity index (χ3v) is 3.83. The number of carbonyl (C=O) groups is 1. The van der Waals surface area contributed by atoms with Crippen LogP contribution in [0.15, 0.2) is 0 Å². The van der Waals surface area contributed by atoms with E-state index in [1.54, 1.807) is 0 Å². The predicted octanol–water partition coefficient (Wildman–Crippen LogP) is -0.0346. The fraction of sp³-hybridized carbons (Fsp3) is 0.923. The molecule has 2 aliphatic heterocycles. The van der Waals surface area contributed by atoms with Crippen LogP contribution in [0.4, 0.5) is 0 Å². The average molecular weight is 255 g/mol. The molecule has 0 spiro atoms. The summed E-state index contributed by atoms with van der Waals surface area (Å²) in [5.41, 5.74) is 0. The minimum Gasteiger partial charge on any atom is -0.381 e. The molecule has 0 aromatic heterocycles. The zero-order valence-electron chi connectivity index (χ0n) is 11.3. The molecule has 0 aromatic carbocycles. The molecule has 5 nitrogen and oxygen atoms in total. The van der Waals surface area contributed by atoms with Gasteiger partial charge in [-0.05, 0) is 26.2 Å². The molecule has 0 radical (unpaired) electrons. The molecule has 5 heteroatoms. The van der Waals surface area contributed by atoms with Crippen LogP contribution in [0.3, 0.4) is 0 Å². The molecule has 18 heavy (non-hydrogen) atoms. The van der Waals surface area contributed by atoms with Crippen molar-refractivity contribution >= 4 is 5.91 Å². The standard InChI is InChI=1S/C13H25N3O2/c1-2-15-13(17)12-10-14-6-7-16(12)11-4-3-8-18-9-5-11/h11-12,14H,2-10H2,1H3,(H,15,17). The molecule has 2 heterocycles. The van der Waals surface area contributed by atoms with Gasteiger partial charge in [0.2, 0.25) is 5.91 Å². The summed E-state index contributed by atoms with van der Waals surface area (Å²) in [5, 5.41) is 6.27. The van der Waals surface area contributed by atoms with Crippen molar-refractivity contribution in [2.45, 2.75) is 38.3 Å². The molecule has 0 aliphatic carbocycles. The quantitative estimate of drug-likeness (QED) is 0.743. The Morgan fingerprint density at radius 1 is 1.44 bits per heavy atom. The van der Waals surface area contributed by atoms with Crippen LogP contribution in [-0.4, -0.2) is 62.3 Å². The lowest BCUT2D eigenvalue weighted by Crippen LogP contribution is -2.60. The van der Waals surface area contributed by atoms with Gasteiger partial charge >= 0.3 is 0 Å². The van der Waals surface area contributed by atoms with Crippen LogP contribution >= 0.6 is 0 Å². The highest BCUT2D eigenvalue weighted by molar-refractivity contribution is 5.82. The van der Waals surface area contributed by atoms with Gasteiger partial charge < -0.3 is 15.4 Å². The van der Waals surface area contributed by atoms with Gasteiger partial charge in [0, 0.05) is 45.4 Å². The van der Waals surface area contributed by atoms with Crippen molar-refractivity contribution in [2.75, 3.05) is 39.4 Å². The van der Waals surface area contributed by atoms with Crippen molar-refractivity contribution < 1.29 is 9.53 Å². The zero-order valence-corrected chi connectivity index (χ0v) is 11.3. The van der Waals surface area contributed by atoms with E-state index in [-0.39, 0.29) is 11.9 Å². The van der Waals surface area contributed by atoms with E-state index in [1.807, 2.05) is 6.92 Å². The van der Waals surface area contributed by atoms with E-state index < -0.39 is 0 Å². The van der Waals surface area contributed by atoms with Gasteiger partial charge in [-0.15, -0.1) is 0 Å². The molecule has 0 saturated carbocycles. The van der Waals surface area contributed by atoms with Crippen LogP contribution in [0.5, 0.6) is 0 Å². The van der Waals surface area contributed by atoms with Crippen molar-refractivity contribution in [1.29, 1.82) is 0 Å². The minimum atomic E-state index is -0.0122. The number of nitrogens with one attached hydrogen (secondary N) is 2. The van der Waals surface area contributed by atoms with Crippen LogP contribution in [-0.2, 0) is 9.53 Å². The van der Waals surface area contributed by atoms with E-state index in [9.17, 15) is 4.79 Å². The van der Waals surface area contributed by atoms with E-state index in [4.69, 9.17) is 4.74 Å². The molecular formula is C13H25N3O2. The number of hydrogen-bond acceptors (Lipinski definition) is 4. The van der Waals surface area contributed by atoms with Crippen LogP contribution in [0.25, 0.3) is 0 Å². The molecular weight excluding hydrogens is 230 g/mol. The second-order valence-electron chi connectivity index (χ2n) is 5.05. The van der Waals surface area contributed by atoms with Crippen LogP contribution < -0.4 is 10.6 Å². The van der Waals surface area contributed by atoms with Crippen molar-refractivity contribution in [1.82, 2.24) is 15.5 Å². The number of rotatable bonds is 3. The first-order valence-electron chi connectivity index (χ1n) is 7.15. The number of hydrogen-bond donors (Lipinski definition) is 2. The minimum absolute atomic E-state index is 0.0122. The molecule has 1 amide bonds. The average Bonchev–Trinajstić information content (AvgIpc) is 2.68. The predicted molar refractivity (Wildman–Crippen MR) is 70.5 cm³/mol. The van der Waals surface area contributed by atoms with Gasteiger partial charge in [0.05, 0.1) is 0 Å². The van der Waals surface area contributed by atoms with Crippen LogP contribution in [0.1, 0.15) is 26.2 Å². The van der Waals surface area contributed by atoms with E-state index in [2.05, 4.69) is 15.5 Å². The summed E-state index contributed by atoms with van der Waals surface area (Å²) < 4.78 is 5.52. The molecule has 2 N–H and O–H groups in total. The van der Waals surface area contributed by atoms with Gasteiger partial charge in [0.1, 0.15) is 6.04 Å². The van der Waals surface area contributed by atoms with E-state index in [0.29, 0.717) is 12.6 Å². The lowest BCUT2D eigenvalue weighted by atomic mass is 10.0. The second kappa shape index (κ2) is 7.07. The topological polar surface area (TPSA) is 53.6 Å². The fourth-order valence-electron chi connectivity index (χ4n) is 2.91. The number of ether oxygens (including phenoxy) is 1. The van der Waals surface area contributed by atoms with Gasteiger partial charge in [0.25, 0.3) is 0 Å².